The van der Waals surface area contributed by atoms with Gasteiger partial charge in [-0.25, -0.2) is 0 Å². The van der Waals surface area contributed by atoms with Gasteiger partial charge >= 0.3 is 0 Å². The SMILES string of the molecule is CNC(c1ccc2cccnc2c1)C1CCCC1C. The van der Waals surface area contributed by atoms with Crippen LogP contribution in [0.1, 0.15) is 37.8 Å². The highest BCUT2D eigenvalue weighted by atomic mass is 14.9. The lowest BCUT2D eigenvalue weighted by atomic mass is 9.85. The molecule has 2 aromatic rings. The quantitative estimate of drug-likeness (QED) is 0.897. The van der Waals surface area contributed by atoms with E-state index >= 15 is 0 Å². The van der Waals surface area contributed by atoms with Crippen LogP contribution in [0.5, 0.6) is 0 Å². The molecule has 3 rings (SSSR count). The molecule has 1 aromatic carbocycles. The highest BCUT2D eigenvalue weighted by molar-refractivity contribution is 5.79. The van der Waals surface area contributed by atoms with Gasteiger partial charge in [0.15, 0.2) is 0 Å². The molecule has 1 N–H and O–H groups in total. The van der Waals surface area contributed by atoms with Gasteiger partial charge in [-0.1, -0.05) is 38.0 Å². The van der Waals surface area contributed by atoms with Crippen molar-refractivity contribution < 1.29 is 0 Å². The van der Waals surface area contributed by atoms with Crippen molar-refractivity contribution in [2.75, 3.05) is 7.05 Å². The summed E-state index contributed by atoms with van der Waals surface area (Å²) in [4.78, 5) is 4.48. The van der Waals surface area contributed by atoms with Crippen LogP contribution in [0.25, 0.3) is 10.9 Å². The Morgan fingerprint density at radius 1 is 1.26 bits per heavy atom. The predicted octanol–water partition coefficient (Wildman–Crippen LogP) is 3.93. The predicted molar refractivity (Wildman–Crippen MR) is 80.0 cm³/mol. The van der Waals surface area contributed by atoms with E-state index in [0.717, 1.165) is 17.4 Å². The van der Waals surface area contributed by atoms with Crippen molar-refractivity contribution in [3.05, 3.63) is 42.1 Å². The van der Waals surface area contributed by atoms with E-state index < -0.39 is 0 Å². The zero-order chi connectivity index (χ0) is 13.2. The molecule has 1 heterocycles. The van der Waals surface area contributed by atoms with Crippen molar-refractivity contribution in [2.24, 2.45) is 11.8 Å². The molecule has 3 unspecified atom stereocenters. The third kappa shape index (κ3) is 2.37. The third-order valence-corrected chi connectivity index (χ3v) is 4.66. The van der Waals surface area contributed by atoms with Crippen LogP contribution in [0.2, 0.25) is 0 Å². The summed E-state index contributed by atoms with van der Waals surface area (Å²) < 4.78 is 0. The minimum absolute atomic E-state index is 0.462. The van der Waals surface area contributed by atoms with Crippen molar-refractivity contribution in [2.45, 2.75) is 32.2 Å². The van der Waals surface area contributed by atoms with E-state index in [0.29, 0.717) is 6.04 Å². The zero-order valence-electron chi connectivity index (χ0n) is 11.8. The number of nitrogens with zero attached hydrogens (tertiary/aromatic N) is 1. The maximum Gasteiger partial charge on any atom is 0.0705 e. The van der Waals surface area contributed by atoms with Crippen LogP contribution in [-0.4, -0.2) is 12.0 Å². The number of fused-ring (bicyclic) bond motifs is 1. The average Bonchev–Trinajstić information content (AvgIpc) is 2.86. The van der Waals surface area contributed by atoms with Crippen LogP contribution in [0.3, 0.4) is 0 Å². The van der Waals surface area contributed by atoms with Crippen molar-refractivity contribution in [1.29, 1.82) is 0 Å². The summed E-state index contributed by atoms with van der Waals surface area (Å²) in [5.41, 5.74) is 2.48. The van der Waals surface area contributed by atoms with E-state index in [9.17, 15) is 0 Å². The molecule has 1 aliphatic rings. The molecule has 0 saturated heterocycles. The van der Waals surface area contributed by atoms with E-state index in [4.69, 9.17) is 0 Å². The Labute approximate surface area is 115 Å². The molecule has 0 bridgehead atoms. The maximum atomic E-state index is 4.48. The van der Waals surface area contributed by atoms with E-state index in [-0.39, 0.29) is 0 Å². The molecule has 19 heavy (non-hydrogen) atoms. The van der Waals surface area contributed by atoms with Crippen LogP contribution in [-0.2, 0) is 0 Å². The Kier molecular flexibility index (Phi) is 3.52. The van der Waals surface area contributed by atoms with Gasteiger partial charge < -0.3 is 5.32 Å². The first-order chi connectivity index (χ1) is 9.29. The average molecular weight is 254 g/mol. The van der Waals surface area contributed by atoms with Gasteiger partial charge in [-0.2, -0.15) is 0 Å². The lowest BCUT2D eigenvalue weighted by Gasteiger charge is -2.27. The largest absolute Gasteiger partial charge is 0.313 e. The number of hydrogen-bond acceptors (Lipinski definition) is 2. The van der Waals surface area contributed by atoms with Crippen molar-refractivity contribution >= 4 is 10.9 Å². The van der Waals surface area contributed by atoms with Crippen LogP contribution < -0.4 is 5.32 Å². The second-order valence-electron chi connectivity index (χ2n) is 5.79. The Hall–Kier alpha value is -1.41. The van der Waals surface area contributed by atoms with E-state index in [1.54, 1.807) is 0 Å². The van der Waals surface area contributed by atoms with Crippen molar-refractivity contribution in [3.63, 3.8) is 0 Å². The fraction of sp³-hybridized carbons (Fsp3) is 0.471. The summed E-state index contributed by atoms with van der Waals surface area (Å²) in [5.74, 6) is 1.57. The third-order valence-electron chi connectivity index (χ3n) is 4.66. The van der Waals surface area contributed by atoms with Gasteiger partial charge in [0.25, 0.3) is 0 Å². The minimum Gasteiger partial charge on any atom is -0.313 e. The van der Waals surface area contributed by atoms with Gasteiger partial charge in [0, 0.05) is 17.6 Å². The molecule has 3 atom stereocenters. The topological polar surface area (TPSA) is 24.9 Å². The Bertz CT molecular complexity index is 564. The standard InChI is InChI=1S/C17H22N2/c1-12-5-3-7-15(12)17(18-2)14-9-8-13-6-4-10-19-16(13)11-14/h4,6,8-12,15,17-18H,3,5,7H2,1-2H3. The first-order valence-corrected chi connectivity index (χ1v) is 7.31. The highest BCUT2D eigenvalue weighted by Crippen LogP contribution is 2.40. The Balaban J connectivity index is 1.96. The molecule has 1 aromatic heterocycles. The number of aromatic nitrogens is 1. The van der Waals surface area contributed by atoms with Crippen LogP contribution in [0, 0.1) is 11.8 Å². The Morgan fingerprint density at radius 2 is 2.16 bits per heavy atom. The fourth-order valence-electron chi connectivity index (χ4n) is 3.57. The number of benzene rings is 1. The highest BCUT2D eigenvalue weighted by Gasteiger charge is 2.30. The van der Waals surface area contributed by atoms with Crippen LogP contribution in [0.15, 0.2) is 36.5 Å². The van der Waals surface area contributed by atoms with Crippen molar-refractivity contribution in [3.8, 4) is 0 Å². The number of hydrogen-bond donors (Lipinski definition) is 1. The van der Waals surface area contributed by atoms with Crippen LogP contribution >= 0.6 is 0 Å². The maximum absolute atomic E-state index is 4.48. The summed E-state index contributed by atoms with van der Waals surface area (Å²) in [6.07, 6.45) is 5.95. The van der Waals surface area contributed by atoms with Gasteiger partial charge in [0.2, 0.25) is 0 Å². The molecule has 0 spiro atoms. The number of nitrogens with one attached hydrogen (secondary N) is 1. The van der Waals surface area contributed by atoms with E-state index in [1.165, 1.54) is 30.2 Å². The molecule has 1 saturated carbocycles. The zero-order valence-corrected chi connectivity index (χ0v) is 11.8. The molecule has 1 aliphatic carbocycles. The molecular weight excluding hydrogens is 232 g/mol. The second-order valence-corrected chi connectivity index (χ2v) is 5.79. The monoisotopic (exact) mass is 254 g/mol. The van der Waals surface area contributed by atoms with E-state index in [2.05, 4.69) is 48.5 Å². The Morgan fingerprint density at radius 3 is 2.89 bits per heavy atom. The minimum atomic E-state index is 0.462. The van der Waals surface area contributed by atoms with Gasteiger partial charge in [0.1, 0.15) is 0 Å². The fourth-order valence-corrected chi connectivity index (χ4v) is 3.57. The molecule has 0 radical (unpaired) electrons. The van der Waals surface area contributed by atoms with Gasteiger partial charge in [-0.15, -0.1) is 0 Å². The smallest absolute Gasteiger partial charge is 0.0705 e. The molecule has 2 nitrogen and oxygen atoms in total. The summed E-state index contributed by atoms with van der Waals surface area (Å²) in [6, 6.07) is 11.3. The first kappa shape index (κ1) is 12.6. The van der Waals surface area contributed by atoms with Crippen molar-refractivity contribution in [1.82, 2.24) is 10.3 Å². The van der Waals surface area contributed by atoms with Gasteiger partial charge in [0.05, 0.1) is 5.52 Å². The van der Waals surface area contributed by atoms with Gasteiger partial charge in [-0.05, 0) is 43.0 Å². The van der Waals surface area contributed by atoms with E-state index in [1.807, 2.05) is 12.3 Å². The normalized spacial score (nSPS) is 24.7. The second kappa shape index (κ2) is 5.30. The molecule has 2 heteroatoms. The molecular formula is C17H22N2. The number of pyridine rings is 1. The molecule has 1 fully saturated rings. The molecule has 0 aliphatic heterocycles. The summed E-state index contributed by atoms with van der Waals surface area (Å²) in [6.45, 7) is 2.39. The lowest BCUT2D eigenvalue weighted by Crippen LogP contribution is -2.26. The summed E-state index contributed by atoms with van der Waals surface area (Å²) in [7, 11) is 2.08. The van der Waals surface area contributed by atoms with Crippen LogP contribution in [0.4, 0.5) is 0 Å². The first-order valence-electron chi connectivity index (χ1n) is 7.31. The molecule has 100 valence electrons. The van der Waals surface area contributed by atoms with Gasteiger partial charge in [-0.3, -0.25) is 4.98 Å². The summed E-state index contributed by atoms with van der Waals surface area (Å²) in [5, 5.41) is 4.75. The summed E-state index contributed by atoms with van der Waals surface area (Å²) >= 11 is 0. The lowest BCUT2D eigenvalue weighted by molar-refractivity contribution is 0.315. The molecule has 0 amide bonds. The number of rotatable bonds is 3.